The standard InChI is InChI=1S/C21H21N5/c22-15-17-16-25(18-9-3-1-4-10-18)21-14-8-7-13-20(17,21)23-26(24-21)19-11-5-2-6-12-19/h1-6,9-12,17H,7-8,13-14,16H2/t17-,20+,21-/m1/s1. The lowest BCUT2D eigenvalue weighted by Gasteiger charge is -2.49. The molecule has 2 aliphatic heterocycles. The first-order valence-electron chi connectivity index (χ1n) is 9.32. The second-order valence-corrected chi connectivity index (χ2v) is 7.40. The van der Waals surface area contributed by atoms with E-state index in [1.54, 1.807) is 4.81 Å². The quantitative estimate of drug-likeness (QED) is 0.739. The van der Waals surface area contributed by atoms with Crippen LogP contribution >= 0.6 is 0 Å². The summed E-state index contributed by atoms with van der Waals surface area (Å²) < 4.78 is 0. The van der Waals surface area contributed by atoms with E-state index in [-0.39, 0.29) is 5.92 Å². The minimum Gasteiger partial charge on any atom is -0.359 e. The molecule has 2 aromatic rings. The predicted molar refractivity (Wildman–Crippen MR) is 99.0 cm³/mol. The Morgan fingerprint density at radius 1 is 1.04 bits per heavy atom. The van der Waals surface area contributed by atoms with Crippen molar-refractivity contribution in [2.75, 3.05) is 11.4 Å². The molecular formula is C21H21N5. The van der Waals surface area contributed by atoms with E-state index >= 15 is 0 Å². The molecule has 5 nitrogen and oxygen atoms in total. The third kappa shape index (κ3) is 1.90. The molecule has 2 heterocycles. The molecule has 130 valence electrons. The second-order valence-electron chi connectivity index (χ2n) is 7.40. The lowest BCUT2D eigenvalue weighted by Crippen LogP contribution is -2.57. The van der Waals surface area contributed by atoms with Gasteiger partial charge in [0, 0.05) is 24.4 Å². The Bertz CT molecular complexity index is 888. The van der Waals surface area contributed by atoms with E-state index in [4.69, 9.17) is 10.5 Å². The van der Waals surface area contributed by atoms with Gasteiger partial charge in [0.25, 0.3) is 0 Å². The fourth-order valence-corrected chi connectivity index (χ4v) is 4.98. The first kappa shape index (κ1) is 15.4. The van der Waals surface area contributed by atoms with E-state index < -0.39 is 11.2 Å². The molecule has 0 aromatic heterocycles. The fourth-order valence-electron chi connectivity index (χ4n) is 4.98. The van der Waals surface area contributed by atoms with Gasteiger partial charge < -0.3 is 4.90 Å². The highest BCUT2D eigenvalue weighted by molar-refractivity contribution is 5.57. The second kappa shape index (κ2) is 5.57. The number of nitrogens with zero attached hydrogens (tertiary/aromatic N) is 5. The summed E-state index contributed by atoms with van der Waals surface area (Å²) in [5.74, 6) is -0.152. The summed E-state index contributed by atoms with van der Waals surface area (Å²) in [6, 6.07) is 23.0. The summed E-state index contributed by atoms with van der Waals surface area (Å²) in [7, 11) is 0. The number of azo groups is 1. The molecule has 5 heteroatoms. The maximum atomic E-state index is 9.97. The molecule has 1 saturated carbocycles. The number of rotatable bonds is 2. The zero-order valence-electron chi connectivity index (χ0n) is 14.6. The Kier molecular flexibility index (Phi) is 3.30. The van der Waals surface area contributed by atoms with Gasteiger partial charge in [-0.1, -0.05) is 49.2 Å². The monoisotopic (exact) mass is 343 g/mol. The van der Waals surface area contributed by atoms with E-state index in [0.29, 0.717) is 6.54 Å². The van der Waals surface area contributed by atoms with Crippen molar-refractivity contribution in [1.82, 2.24) is 0 Å². The number of para-hydroxylation sites is 2. The largest absolute Gasteiger partial charge is 0.359 e. The predicted octanol–water partition coefficient (Wildman–Crippen LogP) is 4.75. The fraction of sp³-hybridized carbons (Fsp3) is 0.381. The highest BCUT2D eigenvalue weighted by Crippen LogP contribution is 2.61. The van der Waals surface area contributed by atoms with Crippen LogP contribution in [-0.4, -0.2) is 22.6 Å². The van der Waals surface area contributed by atoms with Crippen LogP contribution < -0.4 is 4.90 Å². The minimum atomic E-state index is -0.456. The van der Waals surface area contributed by atoms with Crippen molar-refractivity contribution < 1.29 is 4.81 Å². The van der Waals surface area contributed by atoms with Crippen molar-refractivity contribution >= 4 is 11.4 Å². The number of benzene rings is 2. The molecule has 2 aromatic carbocycles. The van der Waals surface area contributed by atoms with E-state index in [9.17, 15) is 5.26 Å². The van der Waals surface area contributed by atoms with Gasteiger partial charge in [-0.3, -0.25) is 0 Å². The topological polar surface area (TPSA) is 56.5 Å². The van der Waals surface area contributed by atoms with Crippen molar-refractivity contribution in [3.8, 4) is 6.07 Å². The van der Waals surface area contributed by atoms with Gasteiger partial charge in [-0.25, -0.2) is 5.11 Å². The molecular weight excluding hydrogens is 322 g/mol. The Balaban J connectivity index is 1.67. The van der Waals surface area contributed by atoms with Gasteiger partial charge in [0.1, 0.15) is 5.66 Å². The summed E-state index contributed by atoms with van der Waals surface area (Å²) in [6.07, 6.45) is 4.07. The van der Waals surface area contributed by atoms with Gasteiger partial charge in [0.2, 0.25) is 5.69 Å². The first-order chi connectivity index (χ1) is 12.8. The Morgan fingerprint density at radius 2 is 1.73 bits per heavy atom. The van der Waals surface area contributed by atoms with Crippen molar-refractivity contribution in [1.29, 1.82) is 5.26 Å². The van der Waals surface area contributed by atoms with Crippen molar-refractivity contribution in [2.45, 2.75) is 36.9 Å². The Hall–Kier alpha value is -2.87. The normalized spacial score (nSPS) is 32.2. The van der Waals surface area contributed by atoms with E-state index in [0.717, 1.165) is 37.1 Å². The SMILES string of the molecule is N#C[C@@H]1CN(c2ccccc2)[C@]23CCCC[C@]12N=[N+](c1ccccc1)[N-]3. The van der Waals surface area contributed by atoms with Crippen LogP contribution in [0.15, 0.2) is 65.8 Å². The van der Waals surface area contributed by atoms with E-state index in [1.807, 2.05) is 36.4 Å². The summed E-state index contributed by atoms with van der Waals surface area (Å²) in [5, 5.41) is 15.1. The summed E-state index contributed by atoms with van der Waals surface area (Å²) in [5.41, 5.74) is 6.35. The molecule has 1 saturated heterocycles. The maximum absolute atomic E-state index is 9.97. The molecule has 2 fully saturated rings. The van der Waals surface area contributed by atoms with Crippen LogP contribution in [-0.2, 0) is 0 Å². The van der Waals surface area contributed by atoms with E-state index in [1.165, 1.54) is 0 Å². The van der Waals surface area contributed by atoms with E-state index in [2.05, 4.69) is 35.2 Å². The molecule has 0 spiro atoms. The molecule has 0 unspecified atom stereocenters. The van der Waals surface area contributed by atoms with Crippen LogP contribution in [0.3, 0.4) is 0 Å². The smallest absolute Gasteiger partial charge is 0.225 e. The highest BCUT2D eigenvalue weighted by atomic mass is 15.7. The third-order valence-electron chi connectivity index (χ3n) is 6.16. The molecule has 0 N–H and O–H groups in total. The van der Waals surface area contributed by atoms with Crippen LogP contribution in [0, 0.1) is 17.2 Å². The van der Waals surface area contributed by atoms with Gasteiger partial charge in [-0.05, 0) is 25.0 Å². The van der Waals surface area contributed by atoms with Crippen LogP contribution in [0.2, 0.25) is 0 Å². The highest BCUT2D eigenvalue weighted by Gasteiger charge is 2.67. The zero-order chi connectivity index (χ0) is 17.6. The molecule has 0 radical (unpaired) electrons. The number of anilines is 1. The average Bonchev–Trinajstić information content (AvgIpc) is 3.20. The van der Waals surface area contributed by atoms with Gasteiger partial charge in [-0.2, -0.15) is 10.7 Å². The minimum absolute atomic E-state index is 0.152. The van der Waals surface area contributed by atoms with Crippen LogP contribution in [0.1, 0.15) is 25.7 Å². The average molecular weight is 343 g/mol. The van der Waals surface area contributed by atoms with Crippen LogP contribution in [0.4, 0.5) is 11.4 Å². The van der Waals surface area contributed by atoms with Crippen molar-refractivity contribution in [3.05, 3.63) is 66.1 Å². The summed E-state index contributed by atoms with van der Waals surface area (Å²) in [4.78, 5) is 4.14. The molecule has 0 bridgehead atoms. The number of nitriles is 1. The van der Waals surface area contributed by atoms with Crippen molar-refractivity contribution in [2.24, 2.45) is 11.0 Å². The summed E-state index contributed by atoms with van der Waals surface area (Å²) >= 11 is 0. The lowest BCUT2D eigenvalue weighted by molar-refractivity contribution is -0.457. The Morgan fingerprint density at radius 3 is 2.46 bits per heavy atom. The lowest BCUT2D eigenvalue weighted by atomic mass is 9.69. The number of hydrogen-bond acceptors (Lipinski definition) is 3. The summed E-state index contributed by atoms with van der Waals surface area (Å²) in [6.45, 7) is 0.691. The van der Waals surface area contributed by atoms with Crippen LogP contribution in [0.5, 0.6) is 0 Å². The molecule has 0 amide bonds. The van der Waals surface area contributed by atoms with Gasteiger partial charge in [0.05, 0.1) is 17.5 Å². The van der Waals surface area contributed by atoms with Gasteiger partial charge >= 0.3 is 0 Å². The molecule has 1 aliphatic carbocycles. The molecule has 3 aliphatic rings. The van der Waals surface area contributed by atoms with Crippen LogP contribution in [0.25, 0.3) is 5.43 Å². The van der Waals surface area contributed by atoms with Crippen molar-refractivity contribution in [3.63, 3.8) is 0 Å². The maximum Gasteiger partial charge on any atom is 0.225 e. The third-order valence-corrected chi connectivity index (χ3v) is 6.16. The molecule has 26 heavy (non-hydrogen) atoms. The zero-order valence-corrected chi connectivity index (χ0v) is 14.6. The number of hydrogen-bond donors (Lipinski definition) is 0. The molecule has 5 rings (SSSR count). The van der Waals surface area contributed by atoms with Gasteiger partial charge in [-0.15, -0.1) is 4.81 Å². The Labute approximate surface area is 153 Å². The molecule has 3 atom stereocenters. The first-order valence-corrected chi connectivity index (χ1v) is 9.32. The van der Waals surface area contributed by atoms with Gasteiger partial charge in [0.15, 0.2) is 0 Å².